The van der Waals surface area contributed by atoms with Gasteiger partial charge in [-0.15, -0.1) is 11.3 Å². The smallest absolute Gasteiger partial charge is 0.338 e. The fourth-order valence-corrected chi connectivity index (χ4v) is 3.23. The van der Waals surface area contributed by atoms with Crippen molar-refractivity contribution in [2.24, 2.45) is 0 Å². The number of likely N-dealkylation sites (tertiary alicyclic amines) is 1. The number of anilines is 1. The first-order valence-corrected chi connectivity index (χ1v) is 7.50. The quantitative estimate of drug-likeness (QED) is 0.795. The van der Waals surface area contributed by atoms with E-state index in [2.05, 4.69) is 5.32 Å². The molecule has 0 spiro atoms. The van der Waals surface area contributed by atoms with Crippen LogP contribution in [0.2, 0.25) is 0 Å². The van der Waals surface area contributed by atoms with Crippen molar-refractivity contribution in [3.05, 3.63) is 17.0 Å². The molecule has 20 heavy (non-hydrogen) atoms. The highest BCUT2D eigenvalue weighted by atomic mass is 32.1. The van der Waals surface area contributed by atoms with E-state index in [1.807, 2.05) is 0 Å². The zero-order chi connectivity index (χ0) is 14.5. The normalized spacial score (nSPS) is 18.9. The number of urea groups is 1. The number of aliphatic hydroxyl groups is 1. The van der Waals surface area contributed by atoms with Crippen LogP contribution in [0.1, 0.15) is 36.0 Å². The third-order valence-corrected chi connectivity index (χ3v) is 4.30. The molecule has 1 aromatic heterocycles. The zero-order valence-corrected chi connectivity index (χ0v) is 11.9. The molecule has 1 aliphatic rings. The van der Waals surface area contributed by atoms with Crippen LogP contribution in [-0.2, 0) is 0 Å². The third-order valence-electron chi connectivity index (χ3n) is 3.47. The van der Waals surface area contributed by atoms with Gasteiger partial charge in [0.1, 0.15) is 5.00 Å². The number of carboxylic acids is 1. The van der Waals surface area contributed by atoms with Crippen molar-refractivity contribution >= 4 is 28.3 Å². The summed E-state index contributed by atoms with van der Waals surface area (Å²) >= 11 is 1.20. The Labute approximate surface area is 121 Å². The average molecular weight is 298 g/mol. The van der Waals surface area contributed by atoms with Gasteiger partial charge >= 0.3 is 12.0 Å². The number of piperidine rings is 1. The van der Waals surface area contributed by atoms with Crippen LogP contribution in [0.3, 0.4) is 0 Å². The molecular formula is C13H18N2O4S. The van der Waals surface area contributed by atoms with Crippen LogP contribution in [0.4, 0.5) is 9.80 Å². The molecule has 0 radical (unpaired) electrons. The molecule has 0 aliphatic carbocycles. The predicted molar refractivity (Wildman–Crippen MR) is 76.3 cm³/mol. The fraction of sp³-hybridized carbons (Fsp3) is 0.538. The highest BCUT2D eigenvalue weighted by molar-refractivity contribution is 7.14. The van der Waals surface area contributed by atoms with Crippen molar-refractivity contribution in [1.82, 2.24) is 4.90 Å². The second kappa shape index (κ2) is 6.71. The Balaban J connectivity index is 2.06. The summed E-state index contributed by atoms with van der Waals surface area (Å²) in [6.45, 7) is 0.693. The zero-order valence-electron chi connectivity index (χ0n) is 11.0. The van der Waals surface area contributed by atoms with Crippen LogP contribution in [-0.4, -0.2) is 46.3 Å². The highest BCUT2D eigenvalue weighted by Gasteiger charge is 2.27. The van der Waals surface area contributed by atoms with Crippen molar-refractivity contribution < 1.29 is 19.8 Å². The number of thiophene rings is 1. The van der Waals surface area contributed by atoms with Crippen LogP contribution in [0.15, 0.2) is 11.4 Å². The Bertz CT molecular complexity index is 486. The molecule has 2 rings (SSSR count). The number of nitrogens with one attached hydrogen (secondary N) is 1. The maximum absolute atomic E-state index is 12.3. The molecule has 1 fully saturated rings. The number of hydrogen-bond donors (Lipinski definition) is 3. The second-order valence-electron chi connectivity index (χ2n) is 4.75. The highest BCUT2D eigenvalue weighted by Crippen LogP contribution is 2.25. The minimum Gasteiger partial charge on any atom is -0.478 e. The average Bonchev–Trinajstić information content (AvgIpc) is 2.88. The molecule has 0 aromatic carbocycles. The Morgan fingerprint density at radius 2 is 2.25 bits per heavy atom. The molecule has 1 unspecified atom stereocenters. The molecule has 1 atom stereocenters. The van der Waals surface area contributed by atoms with E-state index in [4.69, 9.17) is 10.2 Å². The molecular weight excluding hydrogens is 280 g/mol. The molecule has 3 N–H and O–H groups in total. The van der Waals surface area contributed by atoms with Crippen LogP contribution >= 0.6 is 11.3 Å². The van der Waals surface area contributed by atoms with Crippen molar-refractivity contribution in [2.75, 3.05) is 18.5 Å². The van der Waals surface area contributed by atoms with E-state index in [9.17, 15) is 9.59 Å². The largest absolute Gasteiger partial charge is 0.478 e. The number of nitrogens with zero attached hydrogens (tertiary/aromatic N) is 1. The molecule has 0 saturated carbocycles. The van der Waals surface area contributed by atoms with Gasteiger partial charge in [0.25, 0.3) is 0 Å². The lowest BCUT2D eigenvalue weighted by Crippen LogP contribution is -2.46. The number of carbonyl (C=O) groups excluding carboxylic acids is 1. The summed E-state index contributed by atoms with van der Waals surface area (Å²) in [5.74, 6) is -1.05. The van der Waals surface area contributed by atoms with E-state index < -0.39 is 5.97 Å². The van der Waals surface area contributed by atoms with Gasteiger partial charge in [0, 0.05) is 19.2 Å². The van der Waals surface area contributed by atoms with Crippen LogP contribution < -0.4 is 5.32 Å². The lowest BCUT2D eigenvalue weighted by molar-refractivity contribution is 0.0698. The number of aromatic carboxylic acids is 1. The Morgan fingerprint density at radius 1 is 1.45 bits per heavy atom. The van der Waals surface area contributed by atoms with Gasteiger partial charge in [-0.3, -0.25) is 5.32 Å². The Kier molecular flexibility index (Phi) is 4.97. The number of aliphatic hydroxyl groups excluding tert-OH is 1. The minimum absolute atomic E-state index is 0.0296. The van der Waals surface area contributed by atoms with Crippen LogP contribution in [0, 0.1) is 0 Å². The maximum atomic E-state index is 12.3. The standard InChI is InChI=1S/C13H18N2O4S/c16-7-4-9-3-1-2-6-15(9)13(19)14-11-10(12(17)18)5-8-20-11/h5,8-9,16H,1-4,6-7H2,(H,14,19)(H,17,18). The van der Waals surface area contributed by atoms with Gasteiger partial charge in [0.15, 0.2) is 0 Å². The summed E-state index contributed by atoms with van der Waals surface area (Å²) < 4.78 is 0. The van der Waals surface area contributed by atoms with Gasteiger partial charge in [-0.25, -0.2) is 9.59 Å². The van der Waals surface area contributed by atoms with Gasteiger partial charge in [-0.1, -0.05) is 0 Å². The summed E-state index contributed by atoms with van der Waals surface area (Å²) in [6.07, 6.45) is 3.42. The van der Waals surface area contributed by atoms with E-state index in [0.717, 1.165) is 19.3 Å². The van der Waals surface area contributed by atoms with E-state index >= 15 is 0 Å². The first-order chi connectivity index (χ1) is 9.63. The monoisotopic (exact) mass is 298 g/mol. The molecule has 2 amide bonds. The van der Waals surface area contributed by atoms with Crippen molar-refractivity contribution in [2.45, 2.75) is 31.7 Å². The number of carboxylic acid groups (broad SMARTS) is 1. The summed E-state index contributed by atoms with van der Waals surface area (Å²) in [7, 11) is 0. The summed E-state index contributed by atoms with van der Waals surface area (Å²) in [6, 6.07) is 1.22. The minimum atomic E-state index is -1.05. The van der Waals surface area contributed by atoms with Gasteiger partial charge in [-0.2, -0.15) is 0 Å². The van der Waals surface area contributed by atoms with Gasteiger partial charge in [0.05, 0.1) is 5.56 Å². The molecule has 1 aliphatic heterocycles. The van der Waals surface area contributed by atoms with Crippen LogP contribution in [0.25, 0.3) is 0 Å². The predicted octanol–water partition coefficient (Wildman–Crippen LogP) is 2.22. The first-order valence-electron chi connectivity index (χ1n) is 6.62. The van der Waals surface area contributed by atoms with E-state index in [-0.39, 0.29) is 24.2 Å². The van der Waals surface area contributed by atoms with Crippen molar-refractivity contribution in [3.63, 3.8) is 0 Å². The molecule has 0 bridgehead atoms. The molecule has 1 saturated heterocycles. The third kappa shape index (κ3) is 3.29. The van der Waals surface area contributed by atoms with Gasteiger partial charge < -0.3 is 15.1 Å². The molecule has 6 nitrogen and oxygen atoms in total. The number of carbonyl (C=O) groups is 2. The van der Waals surface area contributed by atoms with E-state index in [1.54, 1.807) is 10.3 Å². The Morgan fingerprint density at radius 3 is 2.95 bits per heavy atom. The summed E-state index contributed by atoms with van der Waals surface area (Å²) in [5, 5.41) is 22.7. The van der Waals surface area contributed by atoms with Crippen molar-refractivity contribution in [3.8, 4) is 0 Å². The molecule has 110 valence electrons. The molecule has 1 aromatic rings. The summed E-state index contributed by atoms with van der Waals surface area (Å²) in [4.78, 5) is 25.0. The first kappa shape index (κ1) is 14.8. The number of rotatable bonds is 4. The van der Waals surface area contributed by atoms with Crippen molar-refractivity contribution in [1.29, 1.82) is 0 Å². The lowest BCUT2D eigenvalue weighted by Gasteiger charge is -2.35. The maximum Gasteiger partial charge on any atom is 0.338 e. The number of hydrogen-bond acceptors (Lipinski definition) is 4. The van der Waals surface area contributed by atoms with Crippen LogP contribution in [0.5, 0.6) is 0 Å². The topological polar surface area (TPSA) is 89.9 Å². The SMILES string of the molecule is O=C(O)c1ccsc1NC(=O)N1CCCCC1CCO. The molecule has 7 heteroatoms. The lowest BCUT2D eigenvalue weighted by atomic mass is 10.0. The summed E-state index contributed by atoms with van der Waals surface area (Å²) in [5.41, 5.74) is 0.110. The Hall–Kier alpha value is -1.60. The molecule has 2 heterocycles. The van der Waals surface area contributed by atoms with Gasteiger partial charge in [0.2, 0.25) is 0 Å². The number of amides is 2. The van der Waals surface area contributed by atoms with E-state index in [1.165, 1.54) is 17.4 Å². The van der Waals surface area contributed by atoms with Gasteiger partial charge in [-0.05, 0) is 37.1 Å². The van der Waals surface area contributed by atoms with E-state index in [0.29, 0.717) is 18.0 Å². The second-order valence-corrected chi connectivity index (χ2v) is 5.67. The fourth-order valence-electron chi connectivity index (χ4n) is 2.46.